The lowest BCUT2D eigenvalue weighted by atomic mass is 10.1. The van der Waals surface area contributed by atoms with Gasteiger partial charge in [0.2, 0.25) is 11.8 Å². The highest BCUT2D eigenvalue weighted by atomic mass is 32.2. The fourth-order valence-corrected chi connectivity index (χ4v) is 5.61. The van der Waals surface area contributed by atoms with Crippen molar-refractivity contribution in [2.45, 2.75) is 51.2 Å². The predicted molar refractivity (Wildman–Crippen MR) is 155 cm³/mol. The van der Waals surface area contributed by atoms with E-state index >= 15 is 0 Å². The summed E-state index contributed by atoms with van der Waals surface area (Å²) in [6.07, 6.45) is 0. The highest BCUT2D eigenvalue weighted by Gasteiger charge is 2.33. The lowest BCUT2D eigenvalue weighted by Crippen LogP contribution is -2.52. The van der Waals surface area contributed by atoms with Crippen LogP contribution in [0.5, 0.6) is 11.5 Å². The molecule has 0 saturated carbocycles. The van der Waals surface area contributed by atoms with E-state index in [1.807, 2.05) is 45.0 Å². The number of sulfonamides is 1. The molecular formula is C30H37N3O6S. The van der Waals surface area contributed by atoms with E-state index < -0.39 is 28.5 Å². The zero-order chi connectivity index (χ0) is 29.4. The van der Waals surface area contributed by atoms with Crippen LogP contribution in [0.25, 0.3) is 0 Å². The maximum Gasteiger partial charge on any atom is 0.264 e. The highest BCUT2D eigenvalue weighted by Crippen LogP contribution is 2.34. The van der Waals surface area contributed by atoms with Crippen LogP contribution in [0.1, 0.15) is 31.9 Å². The standard InChI is InChI=1S/C30H37N3O6S/c1-21(2)31-30(35)23(4)32(19-24-13-11-10-12-22(24)3)29(34)20-33(40(36,37)26-14-8-7-9-15-26)25-16-17-27(38-5)28(18-25)39-6/h7-18,21,23H,19-20H2,1-6H3,(H,31,35)/t23-/m0/s1. The molecule has 214 valence electrons. The van der Waals surface area contributed by atoms with Crippen molar-refractivity contribution in [1.82, 2.24) is 10.2 Å². The molecule has 3 rings (SSSR count). The molecule has 0 unspecified atom stereocenters. The Kier molecular flexibility index (Phi) is 10.2. The third-order valence-electron chi connectivity index (χ3n) is 6.47. The number of nitrogens with one attached hydrogen (secondary N) is 1. The smallest absolute Gasteiger partial charge is 0.264 e. The quantitative estimate of drug-likeness (QED) is 0.353. The molecule has 40 heavy (non-hydrogen) atoms. The summed E-state index contributed by atoms with van der Waals surface area (Å²) >= 11 is 0. The lowest BCUT2D eigenvalue weighted by molar-refractivity contribution is -0.139. The number of benzene rings is 3. The molecule has 0 radical (unpaired) electrons. The molecule has 2 amide bonds. The maximum absolute atomic E-state index is 14.0. The number of amides is 2. The zero-order valence-corrected chi connectivity index (χ0v) is 24.6. The van der Waals surface area contributed by atoms with Crippen molar-refractivity contribution >= 4 is 27.5 Å². The number of hydrogen-bond acceptors (Lipinski definition) is 6. The van der Waals surface area contributed by atoms with Gasteiger partial charge in [0.05, 0.1) is 24.8 Å². The van der Waals surface area contributed by atoms with Crippen LogP contribution in [0.3, 0.4) is 0 Å². The number of carbonyl (C=O) groups excluding carboxylic acids is 2. The van der Waals surface area contributed by atoms with Crippen LogP contribution in [-0.2, 0) is 26.2 Å². The Morgan fingerprint density at radius 2 is 1.50 bits per heavy atom. The minimum atomic E-state index is -4.18. The van der Waals surface area contributed by atoms with Gasteiger partial charge in [-0.05, 0) is 63.1 Å². The minimum absolute atomic E-state index is 0.0219. The Hall–Kier alpha value is -4.05. The van der Waals surface area contributed by atoms with Gasteiger partial charge in [-0.2, -0.15) is 0 Å². The van der Waals surface area contributed by atoms with Gasteiger partial charge in [-0.25, -0.2) is 8.42 Å². The van der Waals surface area contributed by atoms with Crippen LogP contribution < -0.4 is 19.1 Å². The van der Waals surface area contributed by atoms with Crippen molar-refractivity contribution in [2.24, 2.45) is 0 Å². The first kappa shape index (κ1) is 30.5. The van der Waals surface area contributed by atoms with Crippen LogP contribution in [0, 0.1) is 6.92 Å². The summed E-state index contributed by atoms with van der Waals surface area (Å²) in [6, 6.07) is 19.1. The maximum atomic E-state index is 14.0. The fourth-order valence-electron chi connectivity index (χ4n) is 4.19. The molecule has 0 heterocycles. The molecule has 3 aromatic carbocycles. The molecule has 0 saturated heterocycles. The van der Waals surface area contributed by atoms with E-state index in [0.29, 0.717) is 11.5 Å². The SMILES string of the molecule is COc1ccc(N(CC(=O)N(Cc2ccccc2C)[C@@H](C)C(=O)NC(C)C)S(=O)(=O)c2ccccc2)cc1OC. The van der Waals surface area contributed by atoms with E-state index in [4.69, 9.17) is 9.47 Å². The summed E-state index contributed by atoms with van der Waals surface area (Å²) in [5, 5.41) is 2.85. The second-order valence-corrected chi connectivity index (χ2v) is 11.5. The third kappa shape index (κ3) is 7.12. The van der Waals surface area contributed by atoms with E-state index in [-0.39, 0.29) is 29.1 Å². The van der Waals surface area contributed by atoms with E-state index in [2.05, 4.69) is 5.32 Å². The summed E-state index contributed by atoms with van der Waals surface area (Å²) in [5.41, 5.74) is 2.01. The van der Waals surface area contributed by atoms with Gasteiger partial charge < -0.3 is 19.7 Å². The normalized spacial score (nSPS) is 12.0. The van der Waals surface area contributed by atoms with Gasteiger partial charge >= 0.3 is 0 Å². The van der Waals surface area contributed by atoms with Crippen LogP contribution in [0.15, 0.2) is 77.7 Å². The number of nitrogens with zero attached hydrogens (tertiary/aromatic N) is 2. The van der Waals surface area contributed by atoms with Crippen LogP contribution in [0.4, 0.5) is 5.69 Å². The van der Waals surface area contributed by atoms with E-state index in [1.54, 1.807) is 37.3 Å². The number of ether oxygens (including phenoxy) is 2. The first-order chi connectivity index (χ1) is 19.0. The number of rotatable bonds is 12. The second kappa shape index (κ2) is 13.3. The molecule has 1 N–H and O–H groups in total. The molecule has 0 fully saturated rings. The first-order valence-corrected chi connectivity index (χ1v) is 14.4. The summed E-state index contributed by atoms with van der Waals surface area (Å²) in [5.74, 6) is -0.151. The minimum Gasteiger partial charge on any atom is -0.493 e. The Morgan fingerprint density at radius 3 is 2.10 bits per heavy atom. The Bertz CT molecular complexity index is 1430. The monoisotopic (exact) mass is 567 g/mol. The van der Waals surface area contributed by atoms with Crippen molar-refractivity contribution in [1.29, 1.82) is 0 Å². The topological polar surface area (TPSA) is 105 Å². The molecule has 0 bridgehead atoms. The van der Waals surface area contributed by atoms with Gasteiger partial charge in [0.1, 0.15) is 12.6 Å². The number of carbonyl (C=O) groups is 2. The van der Waals surface area contributed by atoms with E-state index in [9.17, 15) is 18.0 Å². The number of aryl methyl sites for hydroxylation is 1. The van der Waals surface area contributed by atoms with Crippen LogP contribution in [0.2, 0.25) is 0 Å². The molecular weight excluding hydrogens is 530 g/mol. The van der Waals surface area contributed by atoms with Crippen molar-refractivity contribution < 1.29 is 27.5 Å². The molecule has 0 aliphatic carbocycles. The van der Waals surface area contributed by atoms with Crippen molar-refractivity contribution in [3.63, 3.8) is 0 Å². The Labute approximate surface area is 236 Å². The first-order valence-electron chi connectivity index (χ1n) is 12.9. The third-order valence-corrected chi connectivity index (χ3v) is 8.25. The number of methoxy groups -OCH3 is 2. The molecule has 10 heteroatoms. The fraction of sp³-hybridized carbons (Fsp3) is 0.333. The summed E-state index contributed by atoms with van der Waals surface area (Å²) < 4.78 is 39.6. The average Bonchev–Trinajstić information content (AvgIpc) is 2.94. The van der Waals surface area contributed by atoms with Gasteiger partial charge in [0.15, 0.2) is 11.5 Å². The Balaban J connectivity index is 2.09. The van der Waals surface area contributed by atoms with E-state index in [0.717, 1.165) is 15.4 Å². The van der Waals surface area contributed by atoms with Gasteiger partial charge in [-0.3, -0.25) is 13.9 Å². The molecule has 1 atom stereocenters. The summed E-state index contributed by atoms with van der Waals surface area (Å²) in [4.78, 5) is 28.5. The summed E-state index contributed by atoms with van der Waals surface area (Å²) in [6.45, 7) is 6.82. The van der Waals surface area contributed by atoms with Gasteiger partial charge in [-0.15, -0.1) is 0 Å². The molecule has 3 aromatic rings. The molecule has 0 spiro atoms. The average molecular weight is 568 g/mol. The van der Waals surface area contributed by atoms with E-state index in [1.165, 1.54) is 37.3 Å². The number of hydrogen-bond donors (Lipinski definition) is 1. The predicted octanol–water partition coefficient (Wildman–Crippen LogP) is 4.15. The Morgan fingerprint density at radius 1 is 0.875 bits per heavy atom. The van der Waals surface area contributed by atoms with Crippen molar-refractivity contribution in [3.05, 3.63) is 83.9 Å². The molecule has 9 nitrogen and oxygen atoms in total. The lowest BCUT2D eigenvalue weighted by Gasteiger charge is -2.32. The van der Waals surface area contributed by atoms with Gasteiger partial charge in [-0.1, -0.05) is 42.5 Å². The number of anilines is 1. The largest absolute Gasteiger partial charge is 0.493 e. The second-order valence-electron chi connectivity index (χ2n) is 9.65. The van der Waals surface area contributed by atoms with Crippen molar-refractivity contribution in [3.8, 4) is 11.5 Å². The van der Waals surface area contributed by atoms with Crippen LogP contribution in [-0.4, -0.2) is 58.0 Å². The van der Waals surface area contributed by atoms with Gasteiger partial charge in [0, 0.05) is 18.7 Å². The summed E-state index contributed by atoms with van der Waals surface area (Å²) in [7, 11) is -1.26. The highest BCUT2D eigenvalue weighted by molar-refractivity contribution is 7.92. The molecule has 0 aromatic heterocycles. The van der Waals surface area contributed by atoms with Crippen LogP contribution >= 0.6 is 0 Å². The van der Waals surface area contributed by atoms with Gasteiger partial charge in [0.25, 0.3) is 10.0 Å². The zero-order valence-electron chi connectivity index (χ0n) is 23.7. The molecule has 0 aliphatic heterocycles. The molecule has 0 aliphatic rings. The van der Waals surface area contributed by atoms with Crippen molar-refractivity contribution in [2.75, 3.05) is 25.1 Å².